The molecule has 0 aromatic heterocycles. The van der Waals surface area contributed by atoms with Crippen LogP contribution in [0.4, 0.5) is 5.69 Å². The second-order valence-corrected chi connectivity index (χ2v) is 8.21. The van der Waals surface area contributed by atoms with Gasteiger partial charge in [-0.1, -0.05) is 35.9 Å². The van der Waals surface area contributed by atoms with E-state index in [1.807, 2.05) is 43.0 Å². The van der Waals surface area contributed by atoms with Gasteiger partial charge in [0.2, 0.25) is 0 Å². The third kappa shape index (κ3) is 3.89. The second-order valence-electron chi connectivity index (χ2n) is 8.21. The highest BCUT2D eigenvalue weighted by atomic mass is 16.5. The van der Waals surface area contributed by atoms with E-state index in [0.717, 1.165) is 29.8 Å². The Bertz CT molecular complexity index is 1070. The van der Waals surface area contributed by atoms with E-state index in [2.05, 4.69) is 4.90 Å². The summed E-state index contributed by atoms with van der Waals surface area (Å²) in [5.74, 6) is -0.187. The Kier molecular flexibility index (Phi) is 6.30. The summed E-state index contributed by atoms with van der Waals surface area (Å²) >= 11 is 0. The van der Waals surface area contributed by atoms with E-state index in [0.29, 0.717) is 42.3 Å². The van der Waals surface area contributed by atoms with Crippen LogP contribution < -0.4 is 9.64 Å². The van der Waals surface area contributed by atoms with Gasteiger partial charge in [-0.05, 0) is 37.1 Å². The van der Waals surface area contributed by atoms with Crippen LogP contribution in [0.5, 0.6) is 5.75 Å². The monoisotopic (exact) mass is 435 g/mol. The van der Waals surface area contributed by atoms with Gasteiger partial charge in [-0.25, -0.2) is 4.90 Å². The highest BCUT2D eigenvalue weighted by Gasteiger charge is 2.44. The Morgan fingerprint density at radius 2 is 1.69 bits per heavy atom. The number of hydrogen-bond acceptors (Lipinski definition) is 6. The summed E-state index contributed by atoms with van der Waals surface area (Å²) in [6.07, 6.45) is 0. The predicted molar refractivity (Wildman–Crippen MR) is 123 cm³/mol. The lowest BCUT2D eigenvalue weighted by Gasteiger charge is -2.36. The van der Waals surface area contributed by atoms with Gasteiger partial charge < -0.3 is 14.7 Å². The van der Waals surface area contributed by atoms with Gasteiger partial charge in [0.15, 0.2) is 0 Å². The molecule has 7 heteroatoms. The topological polar surface area (TPSA) is 73.3 Å². The molecule has 1 fully saturated rings. The van der Waals surface area contributed by atoms with Gasteiger partial charge in [0.25, 0.3) is 11.8 Å². The molecule has 1 N–H and O–H groups in total. The van der Waals surface area contributed by atoms with Crippen LogP contribution >= 0.6 is 0 Å². The molecule has 0 saturated carbocycles. The minimum Gasteiger partial charge on any atom is -0.495 e. The molecule has 0 spiro atoms. The molecule has 0 atom stereocenters. The number of aliphatic hydroxyl groups excluding tert-OH is 1. The lowest BCUT2D eigenvalue weighted by Crippen LogP contribution is -2.48. The number of aliphatic hydroxyl groups is 1. The van der Waals surface area contributed by atoms with Crippen molar-refractivity contribution in [3.63, 3.8) is 0 Å². The van der Waals surface area contributed by atoms with Crippen molar-refractivity contribution in [1.82, 2.24) is 9.80 Å². The fourth-order valence-corrected chi connectivity index (χ4v) is 4.52. The van der Waals surface area contributed by atoms with Gasteiger partial charge >= 0.3 is 0 Å². The third-order valence-electron chi connectivity index (χ3n) is 6.14. The lowest BCUT2D eigenvalue weighted by atomic mass is 9.97. The van der Waals surface area contributed by atoms with E-state index in [-0.39, 0.29) is 18.4 Å². The zero-order valence-corrected chi connectivity index (χ0v) is 18.8. The molecule has 2 heterocycles. The zero-order valence-electron chi connectivity index (χ0n) is 18.8. The number of carbonyl (C=O) groups is 2. The summed E-state index contributed by atoms with van der Waals surface area (Å²) in [6, 6.07) is 13.0. The van der Waals surface area contributed by atoms with Crippen LogP contribution in [0.15, 0.2) is 48.2 Å². The molecule has 1 saturated heterocycles. The van der Waals surface area contributed by atoms with Gasteiger partial charge in [0.05, 0.1) is 25.0 Å². The first kappa shape index (κ1) is 22.0. The first-order chi connectivity index (χ1) is 15.5. The summed E-state index contributed by atoms with van der Waals surface area (Å²) < 4.78 is 5.45. The Balaban J connectivity index is 1.80. The number of anilines is 1. The van der Waals surface area contributed by atoms with Gasteiger partial charge in [0, 0.05) is 32.7 Å². The quantitative estimate of drug-likeness (QED) is 0.702. The number of β-amino-alcohol motifs (C(OH)–C–C–N with tert-alkyl or cyclic N) is 1. The average molecular weight is 436 g/mol. The van der Waals surface area contributed by atoms with Crippen molar-refractivity contribution < 1.29 is 19.4 Å². The zero-order chi connectivity index (χ0) is 22.8. The Hall–Kier alpha value is -3.16. The smallest absolute Gasteiger partial charge is 0.282 e. The summed E-state index contributed by atoms with van der Waals surface area (Å²) in [4.78, 5) is 32.9. The molecule has 32 heavy (non-hydrogen) atoms. The van der Waals surface area contributed by atoms with Gasteiger partial charge in [-0.2, -0.15) is 0 Å². The lowest BCUT2D eigenvalue weighted by molar-refractivity contribution is -0.120. The SMILES string of the molecule is COc1ccccc1N1C(=O)C(c2ccc(C)cc2C)=C(N2CCN(CCO)CC2)C1=O. The summed E-state index contributed by atoms with van der Waals surface area (Å²) in [5.41, 5.74) is 4.16. The Labute approximate surface area is 188 Å². The number of aryl methyl sites for hydroxylation is 2. The molecule has 2 aromatic rings. The number of piperazine rings is 1. The standard InChI is InChI=1S/C25H29N3O4/c1-17-8-9-19(18(2)16-17)22-23(27-12-10-26(11-13-27)14-15-29)25(31)28(24(22)30)20-6-4-5-7-21(20)32-3/h4-9,16,29H,10-15H2,1-3H3. The summed E-state index contributed by atoms with van der Waals surface area (Å²) in [5, 5.41) is 9.24. The number of methoxy groups -OCH3 is 1. The van der Waals surface area contributed by atoms with E-state index in [1.54, 1.807) is 18.2 Å². The molecule has 0 bridgehead atoms. The molecule has 4 rings (SSSR count). The van der Waals surface area contributed by atoms with Crippen LogP contribution in [-0.2, 0) is 9.59 Å². The molecule has 0 unspecified atom stereocenters. The minimum atomic E-state index is -0.334. The number of ether oxygens (including phenoxy) is 1. The maximum Gasteiger partial charge on any atom is 0.282 e. The normalized spacial score (nSPS) is 17.5. The highest BCUT2D eigenvalue weighted by molar-refractivity contribution is 6.45. The van der Waals surface area contributed by atoms with Crippen molar-refractivity contribution in [2.45, 2.75) is 13.8 Å². The molecule has 2 aliphatic rings. The molecular weight excluding hydrogens is 406 g/mol. The Morgan fingerprint density at radius 1 is 0.969 bits per heavy atom. The van der Waals surface area contributed by atoms with Crippen LogP contribution in [0.25, 0.3) is 5.57 Å². The van der Waals surface area contributed by atoms with Gasteiger partial charge in [0.1, 0.15) is 11.4 Å². The van der Waals surface area contributed by atoms with Gasteiger partial charge in [-0.15, -0.1) is 0 Å². The number of hydrogen-bond donors (Lipinski definition) is 1. The van der Waals surface area contributed by atoms with Gasteiger partial charge in [-0.3, -0.25) is 14.5 Å². The average Bonchev–Trinajstić information content (AvgIpc) is 3.04. The Morgan fingerprint density at radius 3 is 2.34 bits per heavy atom. The van der Waals surface area contributed by atoms with Crippen molar-refractivity contribution in [3.8, 4) is 5.75 Å². The van der Waals surface area contributed by atoms with Crippen LogP contribution in [0, 0.1) is 13.8 Å². The number of nitrogens with zero attached hydrogens (tertiary/aromatic N) is 3. The number of imide groups is 1. The second kappa shape index (κ2) is 9.14. The predicted octanol–water partition coefficient (Wildman–Crippen LogP) is 2.21. The fraction of sp³-hybridized carbons (Fsp3) is 0.360. The molecule has 0 radical (unpaired) electrons. The maximum atomic E-state index is 13.8. The van der Waals surface area contributed by atoms with Crippen molar-refractivity contribution in [2.24, 2.45) is 0 Å². The first-order valence-electron chi connectivity index (χ1n) is 10.9. The molecular formula is C25H29N3O4. The molecule has 2 amide bonds. The number of amides is 2. The number of benzene rings is 2. The van der Waals surface area contributed by atoms with Crippen molar-refractivity contribution >= 4 is 23.1 Å². The summed E-state index contributed by atoms with van der Waals surface area (Å²) in [6.45, 7) is 7.36. The van der Waals surface area contributed by atoms with Crippen LogP contribution in [0.1, 0.15) is 16.7 Å². The van der Waals surface area contributed by atoms with E-state index in [4.69, 9.17) is 4.74 Å². The van der Waals surface area contributed by atoms with Crippen molar-refractivity contribution in [1.29, 1.82) is 0 Å². The molecule has 0 aliphatic carbocycles. The third-order valence-corrected chi connectivity index (χ3v) is 6.14. The number of para-hydroxylation sites is 2. The highest BCUT2D eigenvalue weighted by Crippen LogP contribution is 2.39. The minimum absolute atomic E-state index is 0.107. The molecule has 2 aliphatic heterocycles. The van der Waals surface area contributed by atoms with E-state index in [1.165, 1.54) is 12.0 Å². The number of carbonyl (C=O) groups excluding carboxylic acids is 2. The number of rotatable bonds is 6. The van der Waals surface area contributed by atoms with E-state index >= 15 is 0 Å². The molecule has 7 nitrogen and oxygen atoms in total. The van der Waals surface area contributed by atoms with Crippen molar-refractivity contribution in [3.05, 3.63) is 64.9 Å². The van der Waals surface area contributed by atoms with Crippen LogP contribution in [0.3, 0.4) is 0 Å². The fourth-order valence-electron chi connectivity index (χ4n) is 4.52. The van der Waals surface area contributed by atoms with E-state index in [9.17, 15) is 14.7 Å². The van der Waals surface area contributed by atoms with Crippen molar-refractivity contribution in [2.75, 3.05) is 51.3 Å². The molecule has 168 valence electrons. The summed E-state index contributed by atoms with van der Waals surface area (Å²) in [7, 11) is 1.53. The largest absolute Gasteiger partial charge is 0.495 e. The maximum absolute atomic E-state index is 13.8. The van der Waals surface area contributed by atoms with Crippen LogP contribution in [0.2, 0.25) is 0 Å². The first-order valence-corrected chi connectivity index (χ1v) is 10.9. The van der Waals surface area contributed by atoms with Crippen LogP contribution in [-0.4, -0.2) is 73.2 Å². The molecule has 2 aromatic carbocycles. The van der Waals surface area contributed by atoms with E-state index < -0.39 is 0 Å².